The van der Waals surface area contributed by atoms with Crippen LogP contribution in [0.5, 0.6) is 0 Å². The van der Waals surface area contributed by atoms with Crippen molar-refractivity contribution in [3.63, 3.8) is 0 Å². The zero-order chi connectivity index (χ0) is 23.6. The molecule has 0 saturated carbocycles. The molecule has 2 aromatic rings. The molecule has 5 aliphatic rings. The first kappa shape index (κ1) is 22.7. The Balaban J connectivity index is 1.12. The first-order valence-corrected chi connectivity index (χ1v) is 13.0. The SMILES string of the molecule is O=C1CCC(N2Cc3cc(CN4CC5CC(C4)N5c4cccc(Cl)c4Cl)ccc3C2S)C(=O)N1. The molecule has 4 unspecified atom stereocenters. The molecule has 7 rings (SSSR count). The van der Waals surface area contributed by atoms with E-state index in [0.29, 0.717) is 41.5 Å². The quantitative estimate of drug-likeness (QED) is 0.475. The van der Waals surface area contributed by atoms with Crippen LogP contribution in [0.1, 0.15) is 41.3 Å². The summed E-state index contributed by atoms with van der Waals surface area (Å²) in [7, 11) is 0. The summed E-state index contributed by atoms with van der Waals surface area (Å²) < 4.78 is 0. The summed E-state index contributed by atoms with van der Waals surface area (Å²) in [6, 6.07) is 13.0. The lowest BCUT2D eigenvalue weighted by Gasteiger charge is -2.58. The average Bonchev–Trinajstić information content (AvgIpc) is 3.12. The molecule has 0 spiro atoms. The monoisotopic (exact) mass is 516 g/mol. The van der Waals surface area contributed by atoms with Gasteiger partial charge in [-0.1, -0.05) is 47.5 Å². The largest absolute Gasteiger partial charge is 0.362 e. The summed E-state index contributed by atoms with van der Waals surface area (Å²) in [4.78, 5) is 31.0. The van der Waals surface area contributed by atoms with Crippen LogP contribution in [0.4, 0.5) is 5.69 Å². The maximum absolute atomic E-state index is 12.4. The number of hydrogen-bond donors (Lipinski definition) is 2. The minimum absolute atomic E-state index is 0.133. The second kappa shape index (κ2) is 8.71. The van der Waals surface area contributed by atoms with E-state index in [1.807, 2.05) is 12.1 Å². The molecule has 1 N–H and O–H groups in total. The first-order chi connectivity index (χ1) is 16.4. The summed E-state index contributed by atoms with van der Waals surface area (Å²) >= 11 is 17.5. The van der Waals surface area contributed by atoms with Gasteiger partial charge in [0.15, 0.2) is 0 Å². The summed E-state index contributed by atoms with van der Waals surface area (Å²) in [5.41, 5.74) is 4.69. The van der Waals surface area contributed by atoms with Crippen LogP contribution in [0.3, 0.4) is 0 Å². The number of carbonyl (C=O) groups excluding carboxylic acids is 2. The maximum Gasteiger partial charge on any atom is 0.243 e. The second-order valence-corrected chi connectivity index (χ2v) is 11.0. The number of piperidine rings is 2. The van der Waals surface area contributed by atoms with Crippen molar-refractivity contribution in [1.29, 1.82) is 0 Å². The molecular weight excluding hydrogens is 491 g/mol. The number of benzene rings is 2. The Kier molecular flexibility index (Phi) is 5.81. The van der Waals surface area contributed by atoms with E-state index in [2.05, 4.69) is 44.3 Å². The van der Waals surface area contributed by atoms with Crippen molar-refractivity contribution < 1.29 is 9.59 Å². The number of hydrogen-bond acceptors (Lipinski definition) is 6. The Bertz CT molecular complexity index is 1170. The molecule has 4 atom stereocenters. The molecule has 6 nitrogen and oxygen atoms in total. The number of imide groups is 1. The van der Waals surface area contributed by atoms with Gasteiger partial charge in [-0.25, -0.2) is 0 Å². The van der Waals surface area contributed by atoms with Crippen LogP contribution in [0.2, 0.25) is 10.0 Å². The van der Waals surface area contributed by atoms with Crippen molar-refractivity contribution in [3.05, 3.63) is 63.1 Å². The topological polar surface area (TPSA) is 55.9 Å². The smallest absolute Gasteiger partial charge is 0.243 e. The van der Waals surface area contributed by atoms with Crippen molar-refractivity contribution in [2.45, 2.75) is 55.9 Å². The predicted molar refractivity (Wildman–Crippen MR) is 136 cm³/mol. The number of nitrogens with one attached hydrogen (secondary N) is 1. The standard InChI is InChI=1S/C25H26Cl2N4O2S/c26-19-2-1-3-20(23(19)27)31-16-9-17(31)13-29(12-16)10-14-4-5-18-15(8-14)11-30(25(18)34)21-6-7-22(32)28-24(21)33/h1-5,8,16-17,21,25,34H,6-7,9-13H2,(H,28,32,33). The van der Waals surface area contributed by atoms with Gasteiger partial charge in [-0.15, -0.1) is 0 Å². The van der Waals surface area contributed by atoms with E-state index in [0.717, 1.165) is 30.9 Å². The fourth-order valence-electron chi connectivity index (χ4n) is 6.06. The lowest BCUT2D eigenvalue weighted by Crippen LogP contribution is -2.68. The van der Waals surface area contributed by atoms with Crippen LogP contribution in [-0.2, 0) is 22.7 Å². The molecule has 178 valence electrons. The molecule has 34 heavy (non-hydrogen) atoms. The number of amides is 2. The van der Waals surface area contributed by atoms with Gasteiger partial charge in [0.2, 0.25) is 11.8 Å². The third kappa shape index (κ3) is 3.82. The summed E-state index contributed by atoms with van der Waals surface area (Å²) in [6.45, 7) is 3.56. The predicted octanol–water partition coefficient (Wildman–Crippen LogP) is 4.01. The summed E-state index contributed by atoms with van der Waals surface area (Å²) in [5, 5.41) is 3.59. The van der Waals surface area contributed by atoms with Crippen molar-refractivity contribution in [2.24, 2.45) is 0 Å². The normalized spacial score (nSPS) is 29.1. The van der Waals surface area contributed by atoms with Crippen molar-refractivity contribution in [1.82, 2.24) is 15.1 Å². The first-order valence-electron chi connectivity index (χ1n) is 11.7. The van der Waals surface area contributed by atoms with Gasteiger partial charge in [-0.2, -0.15) is 12.6 Å². The molecule has 9 heteroatoms. The second-order valence-electron chi connectivity index (χ2n) is 9.76. The van der Waals surface area contributed by atoms with Gasteiger partial charge in [0.05, 0.1) is 27.1 Å². The molecule has 5 heterocycles. The van der Waals surface area contributed by atoms with Crippen LogP contribution < -0.4 is 10.2 Å². The highest BCUT2D eigenvalue weighted by atomic mass is 35.5. The fourth-order valence-corrected chi connectivity index (χ4v) is 6.94. The van der Waals surface area contributed by atoms with E-state index in [4.69, 9.17) is 35.8 Å². The van der Waals surface area contributed by atoms with E-state index in [-0.39, 0.29) is 23.2 Å². The molecule has 0 aromatic heterocycles. The van der Waals surface area contributed by atoms with Gasteiger partial charge in [0.1, 0.15) is 0 Å². The van der Waals surface area contributed by atoms with Crippen LogP contribution in [-0.4, -0.2) is 52.8 Å². The number of carbonyl (C=O) groups is 2. The molecule has 0 aliphatic carbocycles. The minimum atomic E-state index is -0.311. The molecule has 4 fully saturated rings. The lowest BCUT2D eigenvalue weighted by atomic mass is 9.86. The number of piperazine rings is 1. The highest BCUT2D eigenvalue weighted by Crippen LogP contribution is 2.43. The van der Waals surface area contributed by atoms with Gasteiger partial charge in [0, 0.05) is 44.7 Å². The number of halogens is 2. The van der Waals surface area contributed by atoms with Gasteiger partial charge < -0.3 is 4.90 Å². The van der Waals surface area contributed by atoms with Gasteiger partial charge in [0.25, 0.3) is 0 Å². The molecule has 4 saturated heterocycles. The number of anilines is 1. The molecule has 0 radical (unpaired) electrons. The summed E-state index contributed by atoms with van der Waals surface area (Å²) in [6.07, 6.45) is 2.11. The van der Waals surface area contributed by atoms with Crippen molar-refractivity contribution in [3.8, 4) is 0 Å². The lowest BCUT2D eigenvalue weighted by molar-refractivity contribution is -0.137. The molecule has 2 amide bonds. The van der Waals surface area contributed by atoms with Crippen LogP contribution in [0.25, 0.3) is 0 Å². The van der Waals surface area contributed by atoms with E-state index >= 15 is 0 Å². The van der Waals surface area contributed by atoms with Gasteiger partial charge >= 0.3 is 0 Å². The highest BCUT2D eigenvalue weighted by Gasteiger charge is 2.45. The summed E-state index contributed by atoms with van der Waals surface area (Å²) in [5.74, 6) is -0.396. The molecule has 2 bridgehead atoms. The van der Waals surface area contributed by atoms with Crippen molar-refractivity contribution in [2.75, 3.05) is 18.0 Å². The minimum Gasteiger partial charge on any atom is -0.362 e. The van der Waals surface area contributed by atoms with Gasteiger partial charge in [-0.3, -0.25) is 24.7 Å². The number of thiol groups is 1. The fraction of sp³-hybridized carbons (Fsp3) is 0.440. The molecule has 5 aliphatic heterocycles. The third-order valence-corrected chi connectivity index (χ3v) is 9.03. The van der Waals surface area contributed by atoms with E-state index < -0.39 is 0 Å². The number of rotatable bonds is 4. The van der Waals surface area contributed by atoms with E-state index in [9.17, 15) is 9.59 Å². The Labute approximate surface area is 214 Å². The number of nitrogens with zero attached hydrogens (tertiary/aromatic N) is 3. The highest BCUT2D eigenvalue weighted by molar-refractivity contribution is 7.80. The molecular formula is C25H26Cl2N4O2S. The van der Waals surface area contributed by atoms with Crippen LogP contribution in [0, 0.1) is 0 Å². The third-order valence-electron chi connectivity index (χ3n) is 7.65. The zero-order valence-corrected chi connectivity index (χ0v) is 21.0. The van der Waals surface area contributed by atoms with Crippen LogP contribution >= 0.6 is 35.8 Å². The number of fused-ring (bicyclic) bond motifs is 3. The van der Waals surface area contributed by atoms with E-state index in [1.165, 1.54) is 17.5 Å². The Morgan fingerprint density at radius 3 is 2.65 bits per heavy atom. The van der Waals surface area contributed by atoms with E-state index in [1.54, 1.807) is 0 Å². The van der Waals surface area contributed by atoms with Gasteiger partial charge in [-0.05, 0) is 41.7 Å². The Morgan fingerprint density at radius 2 is 1.88 bits per heavy atom. The maximum atomic E-state index is 12.4. The van der Waals surface area contributed by atoms with Crippen molar-refractivity contribution >= 4 is 53.3 Å². The zero-order valence-electron chi connectivity index (χ0n) is 18.6. The molecule has 2 aromatic carbocycles. The Hall–Kier alpha value is -1.77. The van der Waals surface area contributed by atoms with Crippen LogP contribution in [0.15, 0.2) is 36.4 Å². The Morgan fingerprint density at radius 1 is 1.09 bits per heavy atom. The average molecular weight is 517 g/mol.